The Hall–Kier alpha value is -3.87. The number of nitrogens with zero attached hydrogens (tertiary/aromatic N) is 1. The molecule has 3 rings (SSSR count). The number of phenols is 1. The van der Waals surface area contributed by atoms with Gasteiger partial charge in [0, 0.05) is 11.1 Å². The van der Waals surface area contributed by atoms with Crippen molar-refractivity contribution in [3.63, 3.8) is 0 Å². The Labute approximate surface area is 180 Å². The van der Waals surface area contributed by atoms with Crippen LogP contribution in [0, 0.1) is 0 Å². The predicted molar refractivity (Wildman–Crippen MR) is 121 cm³/mol. The van der Waals surface area contributed by atoms with Crippen LogP contribution in [0.4, 0.5) is 0 Å². The van der Waals surface area contributed by atoms with Gasteiger partial charge in [-0.1, -0.05) is 43.7 Å². The number of hydrogen-bond acceptors (Lipinski definition) is 5. The Morgan fingerprint density at radius 2 is 1.84 bits per heavy atom. The summed E-state index contributed by atoms with van der Waals surface area (Å²) < 4.78 is 5.57. The maximum atomic E-state index is 12.2. The molecule has 3 aromatic rings. The fourth-order valence-electron chi connectivity index (χ4n) is 2.93. The number of carbonyl (C=O) groups is 2. The molecular formula is C24H25N3O4. The fraction of sp³-hybridized carbons (Fsp3) is 0.208. The van der Waals surface area contributed by atoms with Crippen LogP contribution in [0.15, 0.2) is 65.8 Å². The van der Waals surface area contributed by atoms with E-state index in [0.717, 1.165) is 23.6 Å². The smallest absolute Gasteiger partial charge is 0.259 e. The van der Waals surface area contributed by atoms with Gasteiger partial charge in [-0.05, 0) is 47.5 Å². The molecule has 0 fully saturated rings. The van der Waals surface area contributed by atoms with E-state index in [1.54, 1.807) is 36.4 Å². The number of rotatable bonds is 9. The maximum Gasteiger partial charge on any atom is 0.259 e. The minimum absolute atomic E-state index is 0.0622. The lowest BCUT2D eigenvalue weighted by Crippen LogP contribution is -2.34. The van der Waals surface area contributed by atoms with Crippen LogP contribution in [-0.4, -0.2) is 36.3 Å². The Balaban J connectivity index is 1.50. The topological polar surface area (TPSA) is 100 Å². The number of amides is 2. The Morgan fingerprint density at radius 3 is 2.61 bits per heavy atom. The van der Waals surface area contributed by atoms with Crippen LogP contribution < -0.4 is 15.5 Å². The van der Waals surface area contributed by atoms with Crippen molar-refractivity contribution in [3.8, 4) is 11.5 Å². The first kappa shape index (κ1) is 21.8. The summed E-state index contributed by atoms with van der Waals surface area (Å²) in [5.74, 6) is -0.0873. The largest absolute Gasteiger partial charge is 0.507 e. The van der Waals surface area contributed by atoms with E-state index in [-0.39, 0.29) is 18.2 Å². The second-order valence-electron chi connectivity index (χ2n) is 6.92. The van der Waals surface area contributed by atoms with Gasteiger partial charge in [0.05, 0.1) is 19.4 Å². The molecule has 0 radical (unpaired) electrons. The van der Waals surface area contributed by atoms with Crippen molar-refractivity contribution in [2.24, 2.45) is 5.10 Å². The molecule has 31 heavy (non-hydrogen) atoms. The third kappa shape index (κ3) is 6.05. The number of carbonyl (C=O) groups excluding carboxylic acids is 2. The first-order valence-corrected chi connectivity index (χ1v) is 10.1. The zero-order valence-electron chi connectivity index (χ0n) is 17.3. The van der Waals surface area contributed by atoms with Crippen molar-refractivity contribution in [1.29, 1.82) is 0 Å². The van der Waals surface area contributed by atoms with Gasteiger partial charge in [0.1, 0.15) is 11.5 Å². The average Bonchev–Trinajstić information content (AvgIpc) is 2.79. The van der Waals surface area contributed by atoms with Gasteiger partial charge in [-0.3, -0.25) is 9.59 Å². The van der Waals surface area contributed by atoms with Gasteiger partial charge in [-0.2, -0.15) is 5.10 Å². The molecule has 0 unspecified atom stereocenters. The summed E-state index contributed by atoms with van der Waals surface area (Å²) in [6.07, 6.45) is 3.41. The lowest BCUT2D eigenvalue weighted by atomic mass is 10.0. The second kappa shape index (κ2) is 10.8. The number of hydrogen-bond donors (Lipinski definition) is 3. The molecule has 0 spiro atoms. The Bertz CT molecular complexity index is 1080. The summed E-state index contributed by atoms with van der Waals surface area (Å²) in [4.78, 5) is 24.2. The molecule has 7 heteroatoms. The lowest BCUT2D eigenvalue weighted by molar-refractivity contribution is -0.120. The van der Waals surface area contributed by atoms with Gasteiger partial charge in [0.2, 0.25) is 0 Å². The fourth-order valence-corrected chi connectivity index (χ4v) is 2.93. The number of benzene rings is 3. The normalized spacial score (nSPS) is 10.9. The van der Waals surface area contributed by atoms with E-state index in [4.69, 9.17) is 4.74 Å². The van der Waals surface area contributed by atoms with Gasteiger partial charge in [-0.25, -0.2) is 5.43 Å². The number of fused-ring (bicyclic) bond motifs is 1. The average molecular weight is 419 g/mol. The summed E-state index contributed by atoms with van der Waals surface area (Å²) in [5, 5.41) is 18.3. The molecule has 0 aromatic heterocycles. The van der Waals surface area contributed by atoms with E-state index in [1.165, 1.54) is 6.21 Å². The van der Waals surface area contributed by atoms with Gasteiger partial charge in [0.25, 0.3) is 11.8 Å². The second-order valence-corrected chi connectivity index (χ2v) is 6.92. The SMILES string of the molecule is CCCCOc1ccc(C(=O)NCC(=O)N/N=C\c2c(O)ccc3ccccc23)cc1. The van der Waals surface area contributed by atoms with Crippen LogP contribution in [0.3, 0.4) is 0 Å². The number of hydrazone groups is 1. The quantitative estimate of drug-likeness (QED) is 0.280. The van der Waals surface area contributed by atoms with Crippen molar-refractivity contribution in [2.75, 3.05) is 13.2 Å². The Morgan fingerprint density at radius 1 is 1.06 bits per heavy atom. The van der Waals surface area contributed by atoms with E-state index < -0.39 is 5.91 Å². The first-order chi connectivity index (χ1) is 15.1. The summed E-state index contributed by atoms with van der Waals surface area (Å²) in [6.45, 7) is 2.50. The number of phenolic OH excluding ortho intramolecular Hbond substituents is 1. The van der Waals surface area contributed by atoms with Gasteiger partial charge >= 0.3 is 0 Å². The number of aromatic hydroxyl groups is 1. The minimum atomic E-state index is -0.483. The van der Waals surface area contributed by atoms with Crippen LogP contribution in [0.1, 0.15) is 35.7 Å². The van der Waals surface area contributed by atoms with Crippen molar-refractivity contribution >= 4 is 28.8 Å². The summed E-state index contributed by atoms with van der Waals surface area (Å²) in [6, 6.07) is 17.7. The molecule has 0 saturated carbocycles. The van der Waals surface area contributed by atoms with E-state index in [1.807, 2.05) is 24.3 Å². The molecule has 0 aliphatic rings. The Kier molecular flexibility index (Phi) is 7.59. The molecule has 0 atom stereocenters. The standard InChI is InChI=1S/C24H25N3O4/c1-2-3-14-31-19-11-8-18(9-12-19)24(30)25-16-23(29)27-26-15-21-20-7-5-4-6-17(20)10-13-22(21)28/h4-13,15,28H,2-3,14,16H2,1H3,(H,25,30)(H,27,29)/b26-15-. The molecule has 7 nitrogen and oxygen atoms in total. The highest BCUT2D eigenvalue weighted by atomic mass is 16.5. The van der Waals surface area contributed by atoms with Gasteiger partial charge < -0.3 is 15.2 Å². The number of unbranched alkanes of at least 4 members (excludes halogenated alkanes) is 1. The predicted octanol–water partition coefficient (Wildman–Crippen LogP) is 3.60. The lowest BCUT2D eigenvalue weighted by Gasteiger charge is -2.07. The highest BCUT2D eigenvalue weighted by molar-refractivity contribution is 6.02. The number of ether oxygens (including phenoxy) is 1. The third-order valence-corrected chi connectivity index (χ3v) is 4.62. The highest BCUT2D eigenvalue weighted by Gasteiger charge is 2.08. The number of nitrogens with one attached hydrogen (secondary N) is 2. The summed E-state index contributed by atoms with van der Waals surface area (Å²) in [5.41, 5.74) is 3.29. The minimum Gasteiger partial charge on any atom is -0.507 e. The monoisotopic (exact) mass is 419 g/mol. The van der Waals surface area contributed by atoms with Gasteiger partial charge in [0.15, 0.2) is 0 Å². The van der Waals surface area contributed by atoms with E-state index in [0.29, 0.717) is 23.5 Å². The summed E-state index contributed by atoms with van der Waals surface area (Å²) in [7, 11) is 0. The van der Waals surface area contributed by atoms with Crippen molar-refractivity contribution in [1.82, 2.24) is 10.7 Å². The maximum absolute atomic E-state index is 12.2. The van der Waals surface area contributed by atoms with E-state index in [9.17, 15) is 14.7 Å². The molecule has 0 aliphatic carbocycles. The van der Waals surface area contributed by atoms with Crippen LogP contribution in [0.2, 0.25) is 0 Å². The summed E-state index contributed by atoms with van der Waals surface area (Å²) >= 11 is 0. The van der Waals surface area contributed by atoms with Crippen LogP contribution in [0.5, 0.6) is 11.5 Å². The molecular weight excluding hydrogens is 394 g/mol. The molecule has 160 valence electrons. The zero-order valence-corrected chi connectivity index (χ0v) is 17.3. The van der Waals surface area contributed by atoms with Crippen LogP contribution in [0.25, 0.3) is 10.8 Å². The van der Waals surface area contributed by atoms with E-state index in [2.05, 4.69) is 22.8 Å². The van der Waals surface area contributed by atoms with Crippen LogP contribution >= 0.6 is 0 Å². The van der Waals surface area contributed by atoms with E-state index >= 15 is 0 Å². The molecule has 0 aliphatic heterocycles. The van der Waals surface area contributed by atoms with Crippen molar-refractivity contribution < 1.29 is 19.4 Å². The molecule has 3 N–H and O–H groups in total. The van der Waals surface area contributed by atoms with Crippen molar-refractivity contribution in [2.45, 2.75) is 19.8 Å². The van der Waals surface area contributed by atoms with Gasteiger partial charge in [-0.15, -0.1) is 0 Å². The van der Waals surface area contributed by atoms with Crippen LogP contribution in [-0.2, 0) is 4.79 Å². The molecule has 0 heterocycles. The highest BCUT2D eigenvalue weighted by Crippen LogP contribution is 2.25. The van der Waals surface area contributed by atoms with Crippen molar-refractivity contribution in [3.05, 3.63) is 71.8 Å². The third-order valence-electron chi connectivity index (χ3n) is 4.62. The first-order valence-electron chi connectivity index (χ1n) is 10.1. The molecule has 0 bridgehead atoms. The molecule has 0 saturated heterocycles. The molecule has 2 amide bonds. The molecule has 3 aromatic carbocycles. The zero-order chi connectivity index (χ0) is 22.1.